The molecule has 2 N–H and O–H groups in total. The molecule has 0 aromatic rings. The molecule has 3 atom stereocenters. The smallest absolute Gasteiger partial charge is 0.408 e. The second-order valence-corrected chi connectivity index (χ2v) is 7.17. The molecule has 0 saturated heterocycles. The van der Waals surface area contributed by atoms with Crippen molar-refractivity contribution in [3.8, 4) is 12.3 Å². The van der Waals surface area contributed by atoms with Gasteiger partial charge in [-0.15, -0.1) is 12.3 Å². The van der Waals surface area contributed by atoms with E-state index in [4.69, 9.17) is 11.2 Å². The first-order valence-electron chi connectivity index (χ1n) is 8.60. The largest absolute Gasteiger partial charge is 0.480 e. The Morgan fingerprint density at radius 1 is 1.39 bits per heavy atom. The summed E-state index contributed by atoms with van der Waals surface area (Å²) < 4.78 is 5.36. The fourth-order valence-electron chi connectivity index (χ4n) is 3.61. The van der Waals surface area contributed by atoms with Crippen LogP contribution in [0, 0.1) is 23.7 Å². The zero-order valence-electron chi connectivity index (χ0n) is 13.8. The number of hydrogen-bond donors (Lipinski definition) is 2. The first kappa shape index (κ1) is 17.7. The van der Waals surface area contributed by atoms with Gasteiger partial charge in [0.05, 0.1) is 0 Å². The van der Waals surface area contributed by atoms with Crippen molar-refractivity contribution in [1.29, 1.82) is 0 Å². The number of alkyl carbamates (subject to hydrolysis) is 1. The van der Waals surface area contributed by atoms with Gasteiger partial charge in [0.2, 0.25) is 0 Å². The van der Waals surface area contributed by atoms with Gasteiger partial charge in [-0.05, 0) is 43.4 Å². The van der Waals surface area contributed by atoms with E-state index in [-0.39, 0.29) is 6.10 Å². The first-order chi connectivity index (χ1) is 11.0. The number of terminal acetylenes is 1. The predicted octanol–water partition coefficient (Wildman–Crippen LogP) is 3.33. The van der Waals surface area contributed by atoms with E-state index in [2.05, 4.69) is 11.2 Å². The molecule has 5 nitrogen and oxygen atoms in total. The summed E-state index contributed by atoms with van der Waals surface area (Å²) in [4.78, 5) is 23.6. The molecule has 128 valence electrons. The molecule has 0 aromatic heterocycles. The average molecular weight is 321 g/mol. The molecule has 2 fully saturated rings. The standard InChI is InChI=1S/C18H27NO4/c1-3-4-6-9-13-12-14(13)23-17(22)19-15(16(20)21)18(2)10-7-5-8-11-18/h1,13-15H,4-12H2,2H3,(H,19,22)(H,20,21)/t13-,14-,15-/m1/s1. The number of nitrogens with one attached hydrogen (secondary N) is 1. The lowest BCUT2D eigenvalue weighted by Gasteiger charge is -2.38. The molecule has 5 heteroatoms. The summed E-state index contributed by atoms with van der Waals surface area (Å²) in [6.45, 7) is 1.95. The van der Waals surface area contributed by atoms with Crippen LogP contribution < -0.4 is 5.32 Å². The Kier molecular flexibility index (Phi) is 5.92. The van der Waals surface area contributed by atoms with E-state index >= 15 is 0 Å². The Bertz CT molecular complexity index is 476. The molecule has 0 radical (unpaired) electrons. The lowest BCUT2D eigenvalue weighted by molar-refractivity contribution is -0.143. The van der Waals surface area contributed by atoms with Crippen molar-refractivity contribution in [2.75, 3.05) is 0 Å². The van der Waals surface area contributed by atoms with Crippen LogP contribution in [-0.4, -0.2) is 29.3 Å². The highest BCUT2D eigenvalue weighted by molar-refractivity contribution is 5.81. The van der Waals surface area contributed by atoms with Gasteiger partial charge in [-0.1, -0.05) is 26.2 Å². The molecule has 0 aromatic carbocycles. The van der Waals surface area contributed by atoms with Gasteiger partial charge in [0.25, 0.3) is 0 Å². The predicted molar refractivity (Wildman–Crippen MR) is 86.8 cm³/mol. The molecular formula is C18H27NO4. The van der Waals surface area contributed by atoms with Crippen LogP contribution in [-0.2, 0) is 9.53 Å². The zero-order chi connectivity index (χ0) is 16.9. The summed E-state index contributed by atoms with van der Waals surface area (Å²) in [6.07, 6.45) is 12.8. The third-order valence-corrected chi connectivity index (χ3v) is 5.21. The first-order valence-corrected chi connectivity index (χ1v) is 8.60. The van der Waals surface area contributed by atoms with Crippen LogP contribution in [0.15, 0.2) is 0 Å². The fraction of sp³-hybridized carbons (Fsp3) is 0.778. The maximum Gasteiger partial charge on any atom is 0.408 e. The van der Waals surface area contributed by atoms with E-state index < -0.39 is 23.5 Å². The van der Waals surface area contributed by atoms with Crippen LogP contribution in [0.3, 0.4) is 0 Å². The molecule has 0 unspecified atom stereocenters. The van der Waals surface area contributed by atoms with E-state index in [1.54, 1.807) is 0 Å². The Balaban J connectivity index is 1.80. The summed E-state index contributed by atoms with van der Waals surface area (Å²) in [5.41, 5.74) is -0.390. The second-order valence-electron chi connectivity index (χ2n) is 7.17. The summed E-state index contributed by atoms with van der Waals surface area (Å²) in [6, 6.07) is -0.881. The average Bonchev–Trinajstić information content (AvgIpc) is 3.23. The zero-order valence-corrected chi connectivity index (χ0v) is 13.8. The van der Waals surface area contributed by atoms with Crippen molar-refractivity contribution in [2.45, 2.75) is 76.9 Å². The highest BCUT2D eigenvalue weighted by atomic mass is 16.6. The summed E-state index contributed by atoms with van der Waals surface area (Å²) in [5.74, 6) is 2.00. The molecule has 0 bridgehead atoms. The van der Waals surface area contributed by atoms with Gasteiger partial charge < -0.3 is 15.2 Å². The Morgan fingerprint density at radius 3 is 2.70 bits per heavy atom. The van der Waals surface area contributed by atoms with Crippen LogP contribution in [0.5, 0.6) is 0 Å². The number of carbonyl (C=O) groups excluding carboxylic acids is 1. The van der Waals surface area contributed by atoms with Crippen molar-refractivity contribution in [2.24, 2.45) is 11.3 Å². The number of amides is 1. The lowest BCUT2D eigenvalue weighted by Crippen LogP contribution is -2.52. The van der Waals surface area contributed by atoms with Gasteiger partial charge >= 0.3 is 12.1 Å². The molecule has 0 aliphatic heterocycles. The van der Waals surface area contributed by atoms with E-state index in [0.717, 1.165) is 57.8 Å². The summed E-state index contributed by atoms with van der Waals surface area (Å²) in [5, 5.41) is 12.1. The minimum atomic E-state index is -0.979. The lowest BCUT2D eigenvalue weighted by atomic mass is 9.70. The molecule has 0 heterocycles. The Labute approximate surface area is 138 Å². The van der Waals surface area contributed by atoms with Crippen LogP contribution in [0.25, 0.3) is 0 Å². The second kappa shape index (κ2) is 7.72. The molecule has 2 saturated carbocycles. The van der Waals surface area contributed by atoms with Gasteiger partial charge in [0, 0.05) is 6.42 Å². The molecule has 0 spiro atoms. The van der Waals surface area contributed by atoms with Gasteiger partial charge in [-0.3, -0.25) is 0 Å². The molecule has 2 rings (SSSR count). The van der Waals surface area contributed by atoms with Gasteiger partial charge in [0.15, 0.2) is 0 Å². The highest BCUT2D eigenvalue weighted by Gasteiger charge is 2.44. The Hall–Kier alpha value is -1.70. The van der Waals surface area contributed by atoms with Gasteiger partial charge in [-0.25, -0.2) is 9.59 Å². The van der Waals surface area contributed by atoms with Crippen molar-refractivity contribution in [3.63, 3.8) is 0 Å². The molecule has 23 heavy (non-hydrogen) atoms. The van der Waals surface area contributed by atoms with Crippen molar-refractivity contribution in [1.82, 2.24) is 5.32 Å². The van der Waals surface area contributed by atoms with E-state index in [0.29, 0.717) is 5.92 Å². The van der Waals surface area contributed by atoms with E-state index in [1.165, 1.54) is 0 Å². The summed E-state index contributed by atoms with van der Waals surface area (Å²) >= 11 is 0. The fourth-order valence-corrected chi connectivity index (χ4v) is 3.61. The van der Waals surface area contributed by atoms with Crippen LogP contribution in [0.2, 0.25) is 0 Å². The summed E-state index contributed by atoms with van der Waals surface area (Å²) in [7, 11) is 0. The minimum absolute atomic E-state index is 0.0821. The third-order valence-electron chi connectivity index (χ3n) is 5.21. The quantitative estimate of drug-likeness (QED) is 0.557. The molecule has 1 amide bonds. The van der Waals surface area contributed by atoms with Crippen molar-refractivity contribution < 1.29 is 19.4 Å². The number of ether oxygens (including phenoxy) is 1. The van der Waals surface area contributed by atoms with Crippen LogP contribution in [0.4, 0.5) is 4.79 Å². The number of carboxylic acids is 1. The SMILES string of the molecule is C#CCCC[C@@H]1C[C@H]1OC(=O)N[C@H](C(=O)O)C1(C)CCCCC1. The highest BCUT2D eigenvalue weighted by Crippen LogP contribution is 2.40. The number of hydrogen-bond acceptors (Lipinski definition) is 3. The number of carboxylic acid groups (broad SMARTS) is 1. The maximum absolute atomic E-state index is 12.0. The number of aliphatic carboxylic acids is 1. The minimum Gasteiger partial charge on any atom is -0.480 e. The number of unbranched alkanes of at least 4 members (excludes halogenated alkanes) is 1. The number of rotatable bonds is 7. The van der Waals surface area contributed by atoms with E-state index in [9.17, 15) is 14.7 Å². The van der Waals surface area contributed by atoms with E-state index in [1.807, 2.05) is 6.92 Å². The molecule has 2 aliphatic carbocycles. The number of carbonyl (C=O) groups is 2. The van der Waals surface area contributed by atoms with Crippen molar-refractivity contribution in [3.05, 3.63) is 0 Å². The third kappa shape index (κ3) is 4.89. The molecule has 2 aliphatic rings. The monoisotopic (exact) mass is 321 g/mol. The normalized spacial score (nSPS) is 26.6. The van der Waals surface area contributed by atoms with Gasteiger partial charge in [-0.2, -0.15) is 0 Å². The maximum atomic E-state index is 12.0. The van der Waals surface area contributed by atoms with Gasteiger partial charge in [0.1, 0.15) is 12.1 Å². The van der Waals surface area contributed by atoms with Crippen molar-refractivity contribution >= 4 is 12.1 Å². The van der Waals surface area contributed by atoms with Crippen LogP contribution >= 0.6 is 0 Å². The molecular weight excluding hydrogens is 294 g/mol. The van der Waals surface area contributed by atoms with Crippen LogP contribution in [0.1, 0.15) is 64.7 Å². The topological polar surface area (TPSA) is 75.6 Å². The Morgan fingerprint density at radius 2 is 2.09 bits per heavy atom.